The molecule has 0 spiro atoms. The largest absolute Gasteiger partial charge is 0.497 e. The zero-order valence-corrected chi connectivity index (χ0v) is 17.9. The van der Waals surface area contributed by atoms with E-state index in [2.05, 4.69) is 22.3 Å². The highest BCUT2D eigenvalue weighted by atomic mass is 16.5. The Morgan fingerprint density at radius 3 is 2.42 bits per heavy atom. The molecule has 1 fully saturated rings. The third-order valence-corrected chi connectivity index (χ3v) is 5.68. The molecule has 7 heteroatoms. The molecule has 1 aliphatic rings. The minimum absolute atomic E-state index is 0.196. The van der Waals surface area contributed by atoms with E-state index in [4.69, 9.17) is 18.6 Å². The predicted octanol–water partition coefficient (Wildman–Crippen LogP) is 2.97. The summed E-state index contributed by atoms with van der Waals surface area (Å²) in [6.07, 6.45) is 0. The molecule has 2 aromatic carbocycles. The normalized spacial score (nSPS) is 15.7. The second-order valence-electron chi connectivity index (χ2n) is 7.52. The van der Waals surface area contributed by atoms with E-state index in [1.165, 1.54) is 5.56 Å². The van der Waals surface area contributed by atoms with Crippen LogP contribution in [0.15, 0.2) is 57.7 Å². The lowest BCUT2D eigenvalue weighted by atomic mass is 10.0. The van der Waals surface area contributed by atoms with Crippen LogP contribution in [0.1, 0.15) is 17.2 Å². The van der Waals surface area contributed by atoms with E-state index >= 15 is 0 Å². The monoisotopic (exact) mass is 424 g/mol. The topological polar surface area (TPSA) is 73.2 Å². The number of nitrogens with one attached hydrogen (secondary N) is 1. The zero-order chi connectivity index (χ0) is 21.6. The summed E-state index contributed by atoms with van der Waals surface area (Å²) in [7, 11) is 3.27. The van der Waals surface area contributed by atoms with E-state index in [0.29, 0.717) is 17.9 Å². The molecule has 1 aliphatic heterocycles. The fourth-order valence-electron chi connectivity index (χ4n) is 4.00. The van der Waals surface area contributed by atoms with E-state index in [-0.39, 0.29) is 11.7 Å². The van der Waals surface area contributed by atoms with E-state index in [1.807, 2.05) is 24.3 Å². The van der Waals surface area contributed by atoms with Gasteiger partial charge in [0.15, 0.2) is 0 Å². The first-order valence-corrected chi connectivity index (χ1v) is 10.4. The molecule has 0 bridgehead atoms. The van der Waals surface area contributed by atoms with Crippen LogP contribution in [0, 0.1) is 0 Å². The number of hydrogen-bond donors (Lipinski definition) is 1. The molecule has 0 aliphatic carbocycles. The fourth-order valence-corrected chi connectivity index (χ4v) is 4.00. The maximum absolute atomic E-state index is 12.1. The zero-order valence-electron chi connectivity index (χ0n) is 17.9. The lowest BCUT2D eigenvalue weighted by Crippen LogP contribution is -2.42. The number of fused-ring (bicyclic) bond motifs is 1. The van der Waals surface area contributed by atoms with Crippen LogP contribution in [0.25, 0.3) is 11.0 Å². The van der Waals surface area contributed by atoms with Gasteiger partial charge >= 0.3 is 5.63 Å². The van der Waals surface area contributed by atoms with E-state index < -0.39 is 0 Å². The van der Waals surface area contributed by atoms with Crippen LogP contribution in [0.5, 0.6) is 11.5 Å². The molecule has 0 radical (unpaired) electrons. The number of benzene rings is 2. The van der Waals surface area contributed by atoms with Gasteiger partial charge in [-0.2, -0.15) is 0 Å². The van der Waals surface area contributed by atoms with Gasteiger partial charge in [0.2, 0.25) is 0 Å². The van der Waals surface area contributed by atoms with Gasteiger partial charge in [0, 0.05) is 49.7 Å². The molecular weight excluding hydrogens is 396 g/mol. The van der Waals surface area contributed by atoms with Crippen molar-refractivity contribution in [2.24, 2.45) is 0 Å². The van der Waals surface area contributed by atoms with Gasteiger partial charge in [0.05, 0.1) is 27.4 Å². The van der Waals surface area contributed by atoms with Crippen LogP contribution in [0.3, 0.4) is 0 Å². The summed E-state index contributed by atoms with van der Waals surface area (Å²) < 4.78 is 21.5. The Kier molecular flexibility index (Phi) is 6.86. The molecule has 164 valence electrons. The Labute approximate surface area is 181 Å². The van der Waals surface area contributed by atoms with Crippen molar-refractivity contribution in [1.29, 1.82) is 0 Å². The Balaban J connectivity index is 1.52. The average Bonchev–Trinajstić information content (AvgIpc) is 2.82. The molecule has 1 saturated heterocycles. The fraction of sp³-hybridized carbons (Fsp3) is 0.375. The van der Waals surface area contributed by atoms with E-state index in [1.54, 1.807) is 26.4 Å². The second-order valence-corrected chi connectivity index (χ2v) is 7.52. The summed E-state index contributed by atoms with van der Waals surface area (Å²) in [6, 6.07) is 15.5. The van der Waals surface area contributed by atoms with Crippen molar-refractivity contribution in [3.63, 3.8) is 0 Å². The first kappa shape index (κ1) is 21.4. The minimum atomic E-state index is -0.363. The van der Waals surface area contributed by atoms with Crippen LogP contribution >= 0.6 is 0 Å². The molecule has 0 unspecified atom stereocenters. The molecule has 1 N–H and O–H groups in total. The lowest BCUT2D eigenvalue weighted by Gasteiger charge is -2.35. The van der Waals surface area contributed by atoms with Gasteiger partial charge in [-0.3, -0.25) is 4.90 Å². The van der Waals surface area contributed by atoms with Gasteiger partial charge in [-0.25, -0.2) is 4.79 Å². The molecule has 1 aromatic heterocycles. The number of methoxy groups -OCH3 is 2. The third-order valence-electron chi connectivity index (χ3n) is 5.68. The third kappa shape index (κ3) is 5.07. The molecule has 31 heavy (non-hydrogen) atoms. The van der Waals surface area contributed by atoms with Crippen LogP contribution in [-0.4, -0.2) is 52.0 Å². The highest BCUT2D eigenvalue weighted by Gasteiger charge is 2.22. The van der Waals surface area contributed by atoms with Gasteiger partial charge < -0.3 is 23.9 Å². The van der Waals surface area contributed by atoms with Crippen molar-refractivity contribution in [2.75, 3.05) is 47.1 Å². The summed E-state index contributed by atoms with van der Waals surface area (Å²) in [5.74, 6) is 1.50. The minimum Gasteiger partial charge on any atom is -0.497 e. The molecule has 3 aromatic rings. The Hall–Kier alpha value is -2.87. The first-order valence-electron chi connectivity index (χ1n) is 10.4. The molecule has 0 saturated carbocycles. The van der Waals surface area contributed by atoms with Gasteiger partial charge in [-0.15, -0.1) is 0 Å². The van der Waals surface area contributed by atoms with Crippen molar-refractivity contribution in [2.45, 2.75) is 12.6 Å². The Bertz CT molecular complexity index is 1060. The first-order chi connectivity index (χ1) is 15.2. The number of hydrogen-bond acceptors (Lipinski definition) is 7. The van der Waals surface area contributed by atoms with Crippen molar-refractivity contribution in [3.05, 3.63) is 70.1 Å². The standard InChI is InChI=1S/C24H28N2O5/c1-28-19-5-3-17(4-6-19)22(26-9-11-30-12-10-26)16-25-15-18-13-24(27)31-23-14-20(29-2)7-8-21(18)23/h3-8,13-14,22,25H,9-12,15-16H2,1-2H3/t22-/m0/s1. The lowest BCUT2D eigenvalue weighted by molar-refractivity contribution is 0.0161. The van der Waals surface area contributed by atoms with Crippen molar-refractivity contribution in [3.8, 4) is 11.5 Å². The average molecular weight is 424 g/mol. The molecule has 7 nitrogen and oxygen atoms in total. The number of nitrogens with zero attached hydrogens (tertiary/aromatic N) is 1. The Morgan fingerprint density at radius 2 is 1.71 bits per heavy atom. The highest BCUT2D eigenvalue weighted by molar-refractivity contribution is 5.81. The predicted molar refractivity (Wildman–Crippen MR) is 119 cm³/mol. The number of rotatable bonds is 8. The van der Waals surface area contributed by atoms with Gasteiger partial charge in [-0.05, 0) is 35.4 Å². The number of morpholine rings is 1. The van der Waals surface area contributed by atoms with Crippen LogP contribution in [0.4, 0.5) is 0 Å². The summed E-state index contributed by atoms with van der Waals surface area (Å²) in [5.41, 5.74) is 2.29. The SMILES string of the molecule is COc1ccc([C@H](CNCc2cc(=O)oc3cc(OC)ccc23)N2CCOCC2)cc1. The maximum Gasteiger partial charge on any atom is 0.336 e. The summed E-state index contributed by atoms with van der Waals surface area (Å²) >= 11 is 0. The molecule has 0 amide bonds. The molecule has 1 atom stereocenters. The van der Waals surface area contributed by atoms with Crippen LogP contribution in [0.2, 0.25) is 0 Å². The maximum atomic E-state index is 12.1. The Morgan fingerprint density at radius 1 is 1.00 bits per heavy atom. The van der Waals surface area contributed by atoms with Gasteiger partial charge in [0.25, 0.3) is 0 Å². The molecule has 2 heterocycles. The van der Waals surface area contributed by atoms with Crippen molar-refractivity contribution >= 4 is 11.0 Å². The molecular formula is C24H28N2O5. The smallest absolute Gasteiger partial charge is 0.336 e. The second kappa shape index (κ2) is 9.96. The summed E-state index contributed by atoms with van der Waals surface area (Å²) in [6.45, 7) is 4.54. The van der Waals surface area contributed by atoms with Crippen molar-refractivity contribution in [1.82, 2.24) is 10.2 Å². The summed E-state index contributed by atoms with van der Waals surface area (Å²) in [4.78, 5) is 14.5. The van der Waals surface area contributed by atoms with E-state index in [0.717, 1.165) is 49.5 Å². The highest BCUT2D eigenvalue weighted by Crippen LogP contribution is 2.25. The van der Waals surface area contributed by atoms with Crippen LogP contribution < -0.4 is 20.4 Å². The van der Waals surface area contributed by atoms with Gasteiger partial charge in [-0.1, -0.05) is 12.1 Å². The van der Waals surface area contributed by atoms with Crippen molar-refractivity contribution < 1.29 is 18.6 Å². The van der Waals surface area contributed by atoms with Crippen LogP contribution in [-0.2, 0) is 11.3 Å². The summed E-state index contributed by atoms with van der Waals surface area (Å²) in [5, 5.41) is 4.45. The van der Waals surface area contributed by atoms with Gasteiger partial charge in [0.1, 0.15) is 17.1 Å². The molecule has 4 rings (SSSR count). The quantitative estimate of drug-likeness (QED) is 0.558. The number of ether oxygens (including phenoxy) is 3. The van der Waals surface area contributed by atoms with E-state index in [9.17, 15) is 4.79 Å².